The number of aliphatic hydroxyl groups is 1. The van der Waals surface area contributed by atoms with Crippen LogP contribution in [0.4, 0.5) is 0 Å². The third-order valence-electron chi connectivity index (χ3n) is 4.54. The third kappa shape index (κ3) is 3.21. The zero-order valence-corrected chi connectivity index (χ0v) is 9.96. The van der Waals surface area contributed by atoms with Gasteiger partial charge in [-0.2, -0.15) is 0 Å². The molecule has 2 aliphatic carbocycles. The SMILES string of the molecule is OC1CCCCCC1C1CCCCCC1. The molecule has 0 amide bonds. The molecule has 2 aliphatic rings. The lowest BCUT2D eigenvalue weighted by Gasteiger charge is -2.29. The highest BCUT2D eigenvalue weighted by molar-refractivity contribution is 4.80. The second-order valence-corrected chi connectivity index (χ2v) is 5.62. The van der Waals surface area contributed by atoms with Crippen molar-refractivity contribution in [3.05, 3.63) is 0 Å². The Morgan fingerprint density at radius 2 is 1.13 bits per heavy atom. The molecule has 0 heterocycles. The topological polar surface area (TPSA) is 20.2 Å². The van der Waals surface area contributed by atoms with E-state index in [1.807, 2.05) is 0 Å². The van der Waals surface area contributed by atoms with Crippen LogP contribution in [0.15, 0.2) is 0 Å². The number of aliphatic hydroxyl groups excluding tert-OH is 1. The van der Waals surface area contributed by atoms with Crippen molar-refractivity contribution in [3.8, 4) is 0 Å². The zero-order valence-electron chi connectivity index (χ0n) is 9.96. The minimum absolute atomic E-state index is 0.0237. The largest absolute Gasteiger partial charge is 0.393 e. The molecule has 0 spiro atoms. The van der Waals surface area contributed by atoms with Crippen molar-refractivity contribution in [3.63, 3.8) is 0 Å². The van der Waals surface area contributed by atoms with Gasteiger partial charge in [0.15, 0.2) is 0 Å². The fourth-order valence-corrected chi connectivity index (χ4v) is 3.61. The Labute approximate surface area is 94.3 Å². The Balaban J connectivity index is 1.92. The first-order chi connectivity index (χ1) is 7.38. The highest BCUT2D eigenvalue weighted by atomic mass is 16.3. The summed E-state index contributed by atoms with van der Waals surface area (Å²) in [4.78, 5) is 0. The van der Waals surface area contributed by atoms with Gasteiger partial charge in [0.05, 0.1) is 6.10 Å². The van der Waals surface area contributed by atoms with Crippen LogP contribution in [0, 0.1) is 11.8 Å². The molecule has 1 nitrogen and oxygen atoms in total. The van der Waals surface area contributed by atoms with Gasteiger partial charge in [0, 0.05) is 0 Å². The van der Waals surface area contributed by atoms with Crippen LogP contribution in [-0.2, 0) is 0 Å². The molecule has 1 N–H and O–H groups in total. The van der Waals surface area contributed by atoms with Crippen molar-refractivity contribution in [1.29, 1.82) is 0 Å². The van der Waals surface area contributed by atoms with Crippen molar-refractivity contribution >= 4 is 0 Å². The molecule has 88 valence electrons. The Bertz CT molecular complexity index is 170. The lowest BCUT2D eigenvalue weighted by Crippen LogP contribution is -2.26. The summed E-state index contributed by atoms with van der Waals surface area (Å²) in [7, 11) is 0. The van der Waals surface area contributed by atoms with E-state index in [2.05, 4.69) is 0 Å². The van der Waals surface area contributed by atoms with Crippen LogP contribution in [0.1, 0.15) is 70.6 Å². The molecule has 0 radical (unpaired) electrons. The van der Waals surface area contributed by atoms with Gasteiger partial charge in [-0.1, -0.05) is 57.8 Å². The maximum atomic E-state index is 10.2. The number of hydrogen-bond acceptors (Lipinski definition) is 1. The first-order valence-electron chi connectivity index (χ1n) is 7.06. The Morgan fingerprint density at radius 1 is 0.600 bits per heavy atom. The van der Waals surface area contributed by atoms with Crippen LogP contribution < -0.4 is 0 Å². The predicted octanol–water partition coefficient (Wildman–Crippen LogP) is 3.90. The molecule has 15 heavy (non-hydrogen) atoms. The molecule has 0 aromatic rings. The lowest BCUT2D eigenvalue weighted by molar-refractivity contribution is 0.0606. The van der Waals surface area contributed by atoms with Gasteiger partial charge >= 0.3 is 0 Å². The van der Waals surface area contributed by atoms with Crippen molar-refractivity contribution in [1.82, 2.24) is 0 Å². The summed E-state index contributed by atoms with van der Waals surface area (Å²) in [6.45, 7) is 0. The van der Waals surface area contributed by atoms with E-state index < -0.39 is 0 Å². The predicted molar refractivity (Wildman–Crippen MR) is 63.8 cm³/mol. The van der Waals surface area contributed by atoms with E-state index >= 15 is 0 Å². The van der Waals surface area contributed by atoms with Gasteiger partial charge in [-0.05, 0) is 24.7 Å². The second-order valence-electron chi connectivity index (χ2n) is 5.62. The smallest absolute Gasteiger partial charge is 0.0571 e. The summed E-state index contributed by atoms with van der Waals surface area (Å²) in [6.07, 6.45) is 14.8. The van der Waals surface area contributed by atoms with Crippen molar-refractivity contribution in [2.75, 3.05) is 0 Å². The Kier molecular flexibility index (Phi) is 4.49. The van der Waals surface area contributed by atoms with E-state index in [-0.39, 0.29) is 6.10 Å². The molecule has 2 fully saturated rings. The molecule has 0 aromatic heterocycles. The van der Waals surface area contributed by atoms with Gasteiger partial charge in [-0.25, -0.2) is 0 Å². The zero-order chi connectivity index (χ0) is 10.5. The molecule has 2 rings (SSSR count). The molecule has 2 unspecified atom stereocenters. The van der Waals surface area contributed by atoms with E-state index in [9.17, 15) is 5.11 Å². The molecular formula is C14H26O. The molecule has 0 aromatic carbocycles. The normalized spacial score (nSPS) is 35.8. The first-order valence-corrected chi connectivity index (χ1v) is 7.06. The molecule has 0 aliphatic heterocycles. The first kappa shape index (κ1) is 11.4. The summed E-state index contributed by atoms with van der Waals surface area (Å²) in [5, 5.41) is 10.2. The maximum absolute atomic E-state index is 10.2. The summed E-state index contributed by atoms with van der Waals surface area (Å²) in [6, 6.07) is 0. The second kappa shape index (κ2) is 5.89. The standard InChI is InChI=1S/C14H26O/c15-14-11-7-3-6-10-13(14)12-8-4-1-2-5-9-12/h12-15H,1-11H2. The van der Waals surface area contributed by atoms with Crippen LogP contribution in [0.25, 0.3) is 0 Å². The highest BCUT2D eigenvalue weighted by Crippen LogP contribution is 2.36. The maximum Gasteiger partial charge on any atom is 0.0571 e. The van der Waals surface area contributed by atoms with Crippen LogP contribution in [0.5, 0.6) is 0 Å². The monoisotopic (exact) mass is 210 g/mol. The van der Waals surface area contributed by atoms with E-state index in [4.69, 9.17) is 0 Å². The Hall–Kier alpha value is -0.0400. The molecule has 2 saturated carbocycles. The van der Waals surface area contributed by atoms with E-state index in [0.717, 1.165) is 12.3 Å². The number of rotatable bonds is 1. The van der Waals surface area contributed by atoms with E-state index in [0.29, 0.717) is 5.92 Å². The van der Waals surface area contributed by atoms with E-state index in [1.165, 1.54) is 64.2 Å². The molecule has 1 heteroatoms. The van der Waals surface area contributed by atoms with Gasteiger partial charge in [-0.3, -0.25) is 0 Å². The fraction of sp³-hybridized carbons (Fsp3) is 1.00. The minimum atomic E-state index is 0.0237. The summed E-state index contributed by atoms with van der Waals surface area (Å²) >= 11 is 0. The third-order valence-corrected chi connectivity index (χ3v) is 4.54. The number of hydrogen-bond donors (Lipinski definition) is 1. The van der Waals surface area contributed by atoms with Crippen LogP contribution in [0.2, 0.25) is 0 Å². The van der Waals surface area contributed by atoms with Gasteiger partial charge in [0.1, 0.15) is 0 Å². The average molecular weight is 210 g/mol. The average Bonchev–Trinajstić information content (AvgIpc) is 2.59. The minimum Gasteiger partial charge on any atom is -0.393 e. The molecule has 0 bridgehead atoms. The van der Waals surface area contributed by atoms with Gasteiger partial charge in [0.25, 0.3) is 0 Å². The van der Waals surface area contributed by atoms with E-state index in [1.54, 1.807) is 0 Å². The van der Waals surface area contributed by atoms with Gasteiger partial charge in [0.2, 0.25) is 0 Å². The fourth-order valence-electron chi connectivity index (χ4n) is 3.61. The summed E-state index contributed by atoms with van der Waals surface area (Å²) in [5.41, 5.74) is 0. The van der Waals surface area contributed by atoms with Crippen molar-refractivity contribution in [2.45, 2.75) is 76.7 Å². The van der Waals surface area contributed by atoms with Crippen LogP contribution in [-0.4, -0.2) is 11.2 Å². The van der Waals surface area contributed by atoms with Crippen molar-refractivity contribution < 1.29 is 5.11 Å². The quantitative estimate of drug-likeness (QED) is 0.651. The molecule has 2 atom stereocenters. The highest BCUT2D eigenvalue weighted by Gasteiger charge is 2.29. The van der Waals surface area contributed by atoms with Crippen LogP contribution >= 0.6 is 0 Å². The lowest BCUT2D eigenvalue weighted by atomic mass is 9.80. The van der Waals surface area contributed by atoms with Crippen molar-refractivity contribution in [2.24, 2.45) is 11.8 Å². The molecule has 0 saturated heterocycles. The van der Waals surface area contributed by atoms with Crippen LogP contribution in [0.3, 0.4) is 0 Å². The summed E-state index contributed by atoms with van der Waals surface area (Å²) in [5.74, 6) is 1.49. The van der Waals surface area contributed by atoms with Gasteiger partial charge in [-0.15, -0.1) is 0 Å². The summed E-state index contributed by atoms with van der Waals surface area (Å²) < 4.78 is 0. The molecular weight excluding hydrogens is 184 g/mol. The Morgan fingerprint density at radius 3 is 1.87 bits per heavy atom. The van der Waals surface area contributed by atoms with Gasteiger partial charge < -0.3 is 5.11 Å².